The van der Waals surface area contributed by atoms with Crippen LogP contribution in [0.4, 0.5) is 39.4 Å². The van der Waals surface area contributed by atoms with E-state index < -0.39 is 47.3 Å². The molecular formula is C23H23F4N3O5. The molecule has 1 aliphatic rings. The summed E-state index contributed by atoms with van der Waals surface area (Å²) in [4.78, 5) is 36.3. The maximum absolute atomic E-state index is 15.0. The number of anilines is 3. The molecule has 35 heavy (non-hydrogen) atoms. The van der Waals surface area contributed by atoms with Crippen LogP contribution in [0.25, 0.3) is 0 Å². The molecule has 8 nitrogen and oxygen atoms in total. The number of nitrogens with one attached hydrogen (secondary N) is 2. The van der Waals surface area contributed by atoms with Gasteiger partial charge in [0, 0.05) is 17.8 Å². The first-order valence-corrected chi connectivity index (χ1v) is 10.5. The van der Waals surface area contributed by atoms with Gasteiger partial charge in [-0.1, -0.05) is 13.8 Å². The number of alkyl halides is 2. The molecule has 1 atom stereocenters. The molecule has 0 aromatic heterocycles. The average Bonchev–Trinajstić information content (AvgIpc) is 3.08. The van der Waals surface area contributed by atoms with E-state index in [1.807, 2.05) is 5.32 Å². The van der Waals surface area contributed by atoms with Crippen LogP contribution in [0.2, 0.25) is 0 Å². The zero-order valence-electron chi connectivity index (χ0n) is 19.0. The number of amides is 2. The van der Waals surface area contributed by atoms with E-state index >= 15 is 0 Å². The van der Waals surface area contributed by atoms with Crippen molar-refractivity contribution in [2.75, 3.05) is 30.4 Å². The van der Waals surface area contributed by atoms with Crippen molar-refractivity contribution in [1.29, 1.82) is 0 Å². The van der Waals surface area contributed by atoms with Gasteiger partial charge in [-0.15, -0.1) is 0 Å². The first kappa shape index (κ1) is 25.8. The highest BCUT2D eigenvalue weighted by Gasteiger charge is 2.34. The normalized spacial score (nSPS) is 15.4. The van der Waals surface area contributed by atoms with Crippen molar-refractivity contribution in [3.05, 3.63) is 57.8 Å². The van der Waals surface area contributed by atoms with Gasteiger partial charge in [-0.25, -0.2) is 13.6 Å². The molecule has 1 aliphatic heterocycles. The van der Waals surface area contributed by atoms with E-state index in [1.54, 1.807) is 13.8 Å². The first-order valence-electron chi connectivity index (χ1n) is 10.5. The van der Waals surface area contributed by atoms with Crippen LogP contribution in [0.15, 0.2) is 35.1 Å². The third-order valence-corrected chi connectivity index (χ3v) is 5.26. The Morgan fingerprint density at radius 3 is 2.40 bits per heavy atom. The summed E-state index contributed by atoms with van der Waals surface area (Å²) in [6.07, 6.45) is -5.16. The van der Waals surface area contributed by atoms with Gasteiger partial charge >= 0.3 is 12.5 Å². The summed E-state index contributed by atoms with van der Waals surface area (Å²) in [5.41, 5.74) is -0.294. The number of hydrogen-bond donors (Lipinski definition) is 2. The lowest BCUT2D eigenvalue weighted by Gasteiger charge is -2.17. The van der Waals surface area contributed by atoms with Crippen molar-refractivity contribution in [2.45, 2.75) is 32.3 Å². The van der Waals surface area contributed by atoms with Gasteiger partial charge in [0.05, 0.1) is 25.9 Å². The second-order valence-corrected chi connectivity index (χ2v) is 8.01. The van der Waals surface area contributed by atoms with E-state index in [0.29, 0.717) is 5.56 Å². The fourth-order valence-corrected chi connectivity index (χ4v) is 3.49. The van der Waals surface area contributed by atoms with Crippen molar-refractivity contribution in [3.8, 4) is 5.75 Å². The number of benzene rings is 1. The van der Waals surface area contributed by atoms with Crippen molar-refractivity contribution in [3.63, 3.8) is 0 Å². The highest BCUT2D eigenvalue weighted by molar-refractivity contribution is 5.90. The van der Waals surface area contributed by atoms with Crippen molar-refractivity contribution < 1.29 is 36.6 Å². The van der Waals surface area contributed by atoms with E-state index in [4.69, 9.17) is 9.47 Å². The number of carbonyl (C=O) groups excluding carboxylic acids is 2. The molecule has 2 N–H and O–H groups in total. The van der Waals surface area contributed by atoms with Gasteiger partial charge in [0.25, 0.3) is 5.91 Å². The summed E-state index contributed by atoms with van der Waals surface area (Å²) < 4.78 is 64.5. The Morgan fingerprint density at radius 1 is 1.17 bits per heavy atom. The summed E-state index contributed by atoms with van der Waals surface area (Å²) in [5, 5.41) is 4.60. The molecule has 0 saturated carbocycles. The number of nitrogens with zero attached hydrogens (tertiary/aromatic N) is 1. The van der Waals surface area contributed by atoms with Crippen LogP contribution in [0.1, 0.15) is 25.3 Å². The van der Waals surface area contributed by atoms with Gasteiger partial charge in [0.15, 0.2) is 17.4 Å². The molecule has 0 radical (unpaired) electrons. The molecule has 1 saturated heterocycles. The molecule has 188 valence electrons. The Kier molecular flexibility index (Phi) is 7.82. The minimum absolute atomic E-state index is 0.0584. The Morgan fingerprint density at radius 2 is 1.83 bits per heavy atom. The Bertz CT molecular complexity index is 1170. The lowest BCUT2D eigenvalue weighted by molar-refractivity contribution is -0.132. The fourth-order valence-electron chi connectivity index (χ4n) is 3.49. The zero-order valence-corrected chi connectivity index (χ0v) is 19.0. The smallest absolute Gasteiger partial charge is 0.414 e. The molecular weight excluding hydrogens is 474 g/mol. The second kappa shape index (κ2) is 10.6. The molecule has 12 heteroatoms. The van der Waals surface area contributed by atoms with Crippen LogP contribution in [-0.2, 0) is 9.53 Å². The van der Waals surface area contributed by atoms with Crippen LogP contribution < -0.4 is 25.7 Å². The third kappa shape index (κ3) is 5.81. The summed E-state index contributed by atoms with van der Waals surface area (Å²) in [6, 6.07) is 5.99. The first-order chi connectivity index (χ1) is 16.5. The van der Waals surface area contributed by atoms with E-state index in [0.717, 1.165) is 17.0 Å². The monoisotopic (exact) mass is 497 g/mol. The Labute approximate surface area is 197 Å². The molecule has 2 aromatic carbocycles. The standard InChI is InChI=1S/C23H23F4N3O5/c1-11(2)14-8-18(31)19(34-3)5-4-17(14)29-20-15(24)6-12(7-16(20)25)30-10-13(35-23(30)33)9-28-22(32)21(26)27/h4-8,11,13,21,29H,9-10H2,1-3H3,(H,28,32)/t13-/m0/s1. The molecule has 1 heterocycles. The van der Waals surface area contributed by atoms with E-state index in [9.17, 15) is 31.9 Å². The summed E-state index contributed by atoms with van der Waals surface area (Å²) >= 11 is 0. The molecule has 0 unspecified atom stereocenters. The van der Waals surface area contributed by atoms with Gasteiger partial charge < -0.3 is 20.1 Å². The largest absolute Gasteiger partial charge is 0.493 e. The molecule has 0 bridgehead atoms. The minimum Gasteiger partial charge on any atom is -0.493 e. The van der Waals surface area contributed by atoms with Gasteiger partial charge in [-0.2, -0.15) is 8.78 Å². The minimum atomic E-state index is -3.23. The maximum atomic E-state index is 15.0. The number of rotatable bonds is 8. The van der Waals surface area contributed by atoms with E-state index in [1.165, 1.54) is 25.3 Å². The third-order valence-electron chi connectivity index (χ3n) is 5.26. The fraction of sp³-hybridized carbons (Fsp3) is 0.348. The van der Waals surface area contributed by atoms with E-state index in [-0.39, 0.29) is 36.1 Å². The van der Waals surface area contributed by atoms with Gasteiger partial charge in [0.2, 0.25) is 5.43 Å². The Hall–Kier alpha value is -3.83. The number of hydrogen-bond acceptors (Lipinski definition) is 6. The van der Waals surface area contributed by atoms with Gasteiger partial charge in [-0.05, 0) is 29.7 Å². The lowest BCUT2D eigenvalue weighted by atomic mass is 10.0. The van der Waals surface area contributed by atoms with Crippen LogP contribution in [0.5, 0.6) is 5.75 Å². The Balaban J connectivity index is 1.85. The number of cyclic esters (lactones) is 1. The van der Waals surface area contributed by atoms with Crippen LogP contribution in [0.3, 0.4) is 0 Å². The van der Waals surface area contributed by atoms with Crippen molar-refractivity contribution in [1.82, 2.24) is 5.32 Å². The van der Waals surface area contributed by atoms with Crippen LogP contribution in [0, 0.1) is 11.6 Å². The SMILES string of the molecule is COc1ccc(Nc2c(F)cc(N3C[C@H](CNC(=O)C(F)F)OC3=O)cc2F)c(C(C)C)cc1=O. The highest BCUT2D eigenvalue weighted by atomic mass is 19.3. The summed E-state index contributed by atoms with van der Waals surface area (Å²) in [5.74, 6) is -3.70. The molecule has 1 fully saturated rings. The van der Waals surface area contributed by atoms with Crippen LogP contribution >= 0.6 is 0 Å². The van der Waals surface area contributed by atoms with Crippen molar-refractivity contribution >= 4 is 29.1 Å². The molecule has 2 amide bonds. The maximum Gasteiger partial charge on any atom is 0.414 e. The summed E-state index contributed by atoms with van der Waals surface area (Å²) in [7, 11) is 1.33. The predicted octanol–water partition coefficient (Wildman–Crippen LogP) is 3.91. The molecule has 0 aliphatic carbocycles. The molecule has 3 rings (SSSR count). The van der Waals surface area contributed by atoms with Crippen molar-refractivity contribution in [2.24, 2.45) is 0 Å². The number of methoxy groups -OCH3 is 1. The quantitative estimate of drug-likeness (QED) is 0.537. The average molecular weight is 497 g/mol. The number of halogens is 4. The zero-order chi connectivity index (χ0) is 25.9. The lowest BCUT2D eigenvalue weighted by Crippen LogP contribution is -2.37. The van der Waals surface area contributed by atoms with E-state index in [2.05, 4.69) is 5.32 Å². The topological polar surface area (TPSA) is 97.0 Å². The number of carbonyl (C=O) groups is 2. The molecule has 2 aromatic rings. The second-order valence-electron chi connectivity index (χ2n) is 8.01. The highest BCUT2D eigenvalue weighted by Crippen LogP contribution is 2.33. The molecule has 0 spiro atoms. The van der Waals surface area contributed by atoms with Gasteiger partial charge in [-0.3, -0.25) is 14.5 Å². The number of ether oxygens (including phenoxy) is 2. The van der Waals surface area contributed by atoms with Crippen LogP contribution in [-0.4, -0.2) is 44.7 Å². The predicted molar refractivity (Wildman–Crippen MR) is 120 cm³/mol. The summed E-state index contributed by atoms with van der Waals surface area (Å²) in [6.45, 7) is 3.01. The van der Waals surface area contributed by atoms with Gasteiger partial charge in [0.1, 0.15) is 11.8 Å².